The van der Waals surface area contributed by atoms with Gasteiger partial charge >= 0.3 is 0 Å². The highest BCUT2D eigenvalue weighted by Crippen LogP contribution is 2.17. The summed E-state index contributed by atoms with van der Waals surface area (Å²) in [6.07, 6.45) is 0. The van der Waals surface area contributed by atoms with Crippen LogP contribution in [-0.2, 0) is 13.7 Å². The van der Waals surface area contributed by atoms with Crippen LogP contribution in [0.5, 0.6) is 0 Å². The minimum Gasteiger partial charge on any atom is -0.390 e. The number of nitroso groups, excluding NO2 is 1. The van der Waals surface area contributed by atoms with Crippen molar-refractivity contribution >= 4 is 5.82 Å². The van der Waals surface area contributed by atoms with Crippen LogP contribution in [0.1, 0.15) is 11.5 Å². The Bertz CT molecular complexity index is 349. The molecule has 0 saturated heterocycles. The Hall–Kier alpha value is -1.74. The van der Waals surface area contributed by atoms with Crippen molar-refractivity contribution in [2.24, 2.45) is 12.2 Å². The first-order chi connectivity index (χ1) is 5.74. The fraction of sp³-hybridized carbons (Fsp3) is 0.333. The highest BCUT2D eigenvalue weighted by molar-refractivity contribution is 5.38. The van der Waals surface area contributed by atoms with Crippen LogP contribution < -0.4 is 0 Å². The molecular formula is C6H6N4O2. The average molecular weight is 166 g/mol. The van der Waals surface area contributed by atoms with Gasteiger partial charge in [0.2, 0.25) is 11.6 Å². The number of hydrogen-bond donors (Lipinski definition) is 1. The van der Waals surface area contributed by atoms with Crippen LogP contribution in [0, 0.1) is 16.2 Å². The van der Waals surface area contributed by atoms with Crippen molar-refractivity contribution in [3.63, 3.8) is 0 Å². The van der Waals surface area contributed by atoms with E-state index in [2.05, 4.69) is 10.2 Å². The summed E-state index contributed by atoms with van der Waals surface area (Å²) in [6.45, 7) is -0.355. The van der Waals surface area contributed by atoms with Crippen LogP contribution in [-0.4, -0.2) is 14.7 Å². The molecule has 0 radical (unpaired) electrons. The molecule has 0 aliphatic heterocycles. The van der Waals surface area contributed by atoms with Crippen molar-refractivity contribution in [1.29, 1.82) is 5.26 Å². The normalized spacial score (nSPS) is 9.42. The lowest BCUT2D eigenvalue weighted by atomic mass is 10.4. The highest BCUT2D eigenvalue weighted by atomic mass is 16.3. The Balaban J connectivity index is 3.34. The minimum atomic E-state index is -0.355. The van der Waals surface area contributed by atoms with Gasteiger partial charge in [-0.15, -0.1) is 4.91 Å². The summed E-state index contributed by atoms with van der Waals surface area (Å²) in [7, 11) is 1.53. The van der Waals surface area contributed by atoms with Crippen molar-refractivity contribution in [3.8, 4) is 6.07 Å². The van der Waals surface area contributed by atoms with Crippen LogP contribution in [0.2, 0.25) is 0 Å². The molecule has 1 aromatic rings. The molecule has 0 unspecified atom stereocenters. The molecule has 0 aliphatic carbocycles. The van der Waals surface area contributed by atoms with E-state index in [4.69, 9.17) is 10.4 Å². The van der Waals surface area contributed by atoms with Gasteiger partial charge in [0.1, 0.15) is 6.07 Å². The number of rotatable bonds is 2. The van der Waals surface area contributed by atoms with E-state index in [0.717, 1.165) is 0 Å². The van der Waals surface area contributed by atoms with Gasteiger partial charge in [-0.1, -0.05) is 0 Å². The van der Waals surface area contributed by atoms with Gasteiger partial charge < -0.3 is 9.67 Å². The van der Waals surface area contributed by atoms with E-state index in [1.54, 1.807) is 6.07 Å². The maximum atomic E-state index is 10.1. The molecule has 6 nitrogen and oxygen atoms in total. The van der Waals surface area contributed by atoms with Gasteiger partial charge in [0.05, 0.1) is 12.3 Å². The van der Waals surface area contributed by atoms with Crippen molar-refractivity contribution < 1.29 is 5.11 Å². The molecule has 0 bridgehead atoms. The second-order valence-electron chi connectivity index (χ2n) is 2.13. The van der Waals surface area contributed by atoms with Gasteiger partial charge in [0.15, 0.2) is 0 Å². The van der Waals surface area contributed by atoms with E-state index in [1.165, 1.54) is 11.6 Å². The maximum Gasteiger partial charge on any atom is 0.221 e. The first-order valence-electron chi connectivity index (χ1n) is 3.14. The predicted octanol–water partition coefficient (Wildman–Crippen LogP) is 0.182. The molecule has 1 heterocycles. The summed E-state index contributed by atoms with van der Waals surface area (Å²) in [6, 6.07) is 1.77. The SMILES string of the molecule is Cn1c(C#N)nc(N=O)c1CO. The molecule has 1 rings (SSSR count). The summed E-state index contributed by atoms with van der Waals surface area (Å²) in [5.41, 5.74) is 0.251. The molecule has 1 N–H and O–H groups in total. The Morgan fingerprint density at radius 3 is 2.83 bits per heavy atom. The van der Waals surface area contributed by atoms with Crippen LogP contribution >= 0.6 is 0 Å². The second kappa shape index (κ2) is 3.11. The average Bonchev–Trinajstić information content (AvgIpc) is 2.41. The number of aliphatic hydroxyl groups is 1. The van der Waals surface area contributed by atoms with Crippen LogP contribution in [0.25, 0.3) is 0 Å². The third-order valence-corrected chi connectivity index (χ3v) is 1.53. The van der Waals surface area contributed by atoms with Gasteiger partial charge in [-0.2, -0.15) is 10.2 Å². The fourth-order valence-corrected chi connectivity index (χ4v) is 0.868. The Labute approximate surface area is 68.0 Å². The number of nitrogens with zero attached hydrogens (tertiary/aromatic N) is 4. The summed E-state index contributed by atoms with van der Waals surface area (Å²) >= 11 is 0. The standard InChI is InChI=1S/C6H6N4O2/c1-10-4(3-11)6(9-12)8-5(10)2-7/h11H,3H2,1H3. The Morgan fingerprint density at radius 2 is 2.50 bits per heavy atom. The van der Waals surface area contributed by atoms with Gasteiger partial charge in [0.25, 0.3) is 0 Å². The zero-order chi connectivity index (χ0) is 9.14. The monoisotopic (exact) mass is 166 g/mol. The Morgan fingerprint density at radius 1 is 1.83 bits per heavy atom. The van der Waals surface area contributed by atoms with Crippen molar-refractivity contribution in [2.45, 2.75) is 6.61 Å². The first kappa shape index (κ1) is 8.36. The number of aliphatic hydroxyl groups excluding tert-OH is 1. The van der Waals surface area contributed by atoms with E-state index in [0.29, 0.717) is 0 Å². The summed E-state index contributed by atoms with van der Waals surface area (Å²) < 4.78 is 1.33. The lowest BCUT2D eigenvalue weighted by Gasteiger charge is -1.96. The first-order valence-corrected chi connectivity index (χ1v) is 3.14. The van der Waals surface area contributed by atoms with Crippen LogP contribution in [0.15, 0.2) is 5.18 Å². The molecule has 12 heavy (non-hydrogen) atoms. The molecular weight excluding hydrogens is 160 g/mol. The van der Waals surface area contributed by atoms with E-state index in [1.807, 2.05) is 0 Å². The van der Waals surface area contributed by atoms with E-state index in [9.17, 15) is 4.91 Å². The third-order valence-electron chi connectivity index (χ3n) is 1.53. The van der Waals surface area contributed by atoms with Gasteiger partial charge in [-0.25, -0.2) is 0 Å². The molecule has 0 aliphatic rings. The summed E-state index contributed by atoms with van der Waals surface area (Å²) in [4.78, 5) is 13.7. The van der Waals surface area contributed by atoms with Gasteiger partial charge in [0, 0.05) is 7.05 Å². The quantitative estimate of drug-likeness (QED) is 0.634. The molecule has 1 aromatic heterocycles. The van der Waals surface area contributed by atoms with Crippen molar-refractivity contribution in [2.75, 3.05) is 0 Å². The molecule has 0 fully saturated rings. The van der Waals surface area contributed by atoms with E-state index >= 15 is 0 Å². The van der Waals surface area contributed by atoms with E-state index in [-0.39, 0.29) is 23.9 Å². The lowest BCUT2D eigenvalue weighted by Crippen LogP contribution is -1.98. The predicted molar refractivity (Wildman–Crippen MR) is 39.3 cm³/mol. The maximum absolute atomic E-state index is 10.1. The van der Waals surface area contributed by atoms with Crippen molar-refractivity contribution in [1.82, 2.24) is 9.55 Å². The molecule has 0 spiro atoms. The van der Waals surface area contributed by atoms with Gasteiger partial charge in [-0.3, -0.25) is 0 Å². The Kier molecular flexibility index (Phi) is 2.16. The molecule has 0 amide bonds. The zero-order valence-electron chi connectivity index (χ0n) is 6.35. The third kappa shape index (κ3) is 1.06. The number of hydrogen-bond acceptors (Lipinski definition) is 5. The highest BCUT2D eigenvalue weighted by Gasteiger charge is 2.13. The zero-order valence-corrected chi connectivity index (χ0v) is 6.35. The molecule has 0 saturated carbocycles. The molecule has 0 atom stereocenters. The molecule has 62 valence electrons. The smallest absolute Gasteiger partial charge is 0.221 e. The molecule has 6 heteroatoms. The second-order valence-corrected chi connectivity index (χ2v) is 2.13. The number of nitriles is 1. The summed E-state index contributed by atoms with van der Waals surface area (Å²) in [5.74, 6) is -0.0646. The topological polar surface area (TPSA) is 91.3 Å². The van der Waals surface area contributed by atoms with Gasteiger partial charge in [-0.05, 0) is 5.18 Å². The largest absolute Gasteiger partial charge is 0.390 e. The van der Waals surface area contributed by atoms with Crippen LogP contribution in [0.3, 0.4) is 0 Å². The number of aromatic nitrogens is 2. The lowest BCUT2D eigenvalue weighted by molar-refractivity contribution is 0.273. The van der Waals surface area contributed by atoms with Crippen molar-refractivity contribution in [3.05, 3.63) is 16.4 Å². The molecule has 0 aromatic carbocycles. The summed E-state index contributed by atoms with van der Waals surface area (Å²) in [5, 5.41) is 19.8. The fourth-order valence-electron chi connectivity index (χ4n) is 0.868. The minimum absolute atomic E-state index is 0.0636. The van der Waals surface area contributed by atoms with E-state index < -0.39 is 0 Å². The number of imidazole rings is 1. The van der Waals surface area contributed by atoms with Crippen LogP contribution in [0.4, 0.5) is 5.82 Å².